The number of fused-ring (bicyclic) bond motifs is 4. The number of nitrogens with zero attached hydrogens (tertiary/aromatic N) is 2. The summed E-state index contributed by atoms with van der Waals surface area (Å²) in [6.45, 7) is 0. The first kappa shape index (κ1) is 24.2. The molecule has 6 aromatic carbocycles. The average molecular weight is 539 g/mol. The number of rotatable bonds is 5. The third kappa shape index (κ3) is 4.29. The molecule has 8 rings (SSSR count). The number of benzene rings is 6. The number of hydrogen-bond donors (Lipinski definition) is 0. The zero-order chi connectivity index (χ0) is 27.9. The van der Waals surface area contributed by atoms with Gasteiger partial charge in [0.1, 0.15) is 11.2 Å². The molecular weight excluding hydrogens is 512 g/mol. The van der Waals surface area contributed by atoms with Crippen molar-refractivity contribution in [1.29, 1.82) is 0 Å². The fraction of sp³-hybridized carbons (Fsp3) is 0. The van der Waals surface area contributed by atoms with E-state index in [1.165, 1.54) is 33.0 Å². The smallest absolute Gasteiger partial charge is 0.138 e. The molecule has 2 aromatic heterocycles. The van der Waals surface area contributed by atoms with Gasteiger partial charge >= 0.3 is 0 Å². The van der Waals surface area contributed by atoms with E-state index in [4.69, 9.17) is 4.42 Å². The summed E-state index contributed by atoms with van der Waals surface area (Å²) in [6, 6.07) is 51.5. The maximum atomic E-state index is 6.24. The van der Waals surface area contributed by atoms with E-state index in [1.54, 1.807) is 6.20 Å². The molecule has 0 spiro atoms. The maximum Gasteiger partial charge on any atom is 0.138 e. The molecule has 0 amide bonds. The van der Waals surface area contributed by atoms with Crippen LogP contribution in [0.25, 0.3) is 55.0 Å². The van der Waals surface area contributed by atoms with Gasteiger partial charge in [-0.1, -0.05) is 91.0 Å². The Balaban J connectivity index is 1.22. The van der Waals surface area contributed by atoms with Crippen LogP contribution < -0.4 is 4.90 Å². The van der Waals surface area contributed by atoms with Crippen LogP contribution in [0.15, 0.2) is 162 Å². The SMILES string of the molecule is c1ccc(-c2ccc(N(c3ccc(-c4ccc5ccccc5c4)cc3)c3ccc4c(c3)oc3ccncc34)cc2)cc1. The third-order valence-corrected chi connectivity index (χ3v) is 7.96. The van der Waals surface area contributed by atoms with Gasteiger partial charge in [-0.3, -0.25) is 4.98 Å². The van der Waals surface area contributed by atoms with Crippen molar-refractivity contribution >= 4 is 49.8 Å². The quantitative estimate of drug-likeness (QED) is 0.218. The molecule has 0 aliphatic carbocycles. The molecule has 2 heterocycles. The average Bonchev–Trinajstić information content (AvgIpc) is 3.44. The number of furan rings is 1. The van der Waals surface area contributed by atoms with Crippen LogP contribution in [0.2, 0.25) is 0 Å². The third-order valence-electron chi connectivity index (χ3n) is 7.96. The van der Waals surface area contributed by atoms with E-state index >= 15 is 0 Å². The van der Waals surface area contributed by atoms with E-state index in [9.17, 15) is 0 Å². The minimum atomic E-state index is 0.842. The summed E-state index contributed by atoms with van der Waals surface area (Å²) in [4.78, 5) is 6.58. The first-order valence-electron chi connectivity index (χ1n) is 14.1. The predicted molar refractivity (Wildman–Crippen MR) is 175 cm³/mol. The van der Waals surface area contributed by atoms with Crippen LogP contribution in [0, 0.1) is 0 Å². The molecule has 8 aromatic rings. The molecule has 198 valence electrons. The highest BCUT2D eigenvalue weighted by Crippen LogP contribution is 2.39. The van der Waals surface area contributed by atoms with Crippen molar-refractivity contribution in [1.82, 2.24) is 4.98 Å². The van der Waals surface area contributed by atoms with Crippen molar-refractivity contribution < 1.29 is 4.42 Å². The van der Waals surface area contributed by atoms with E-state index in [0.29, 0.717) is 0 Å². The lowest BCUT2D eigenvalue weighted by Crippen LogP contribution is -2.09. The largest absolute Gasteiger partial charge is 0.456 e. The first-order valence-corrected chi connectivity index (χ1v) is 14.1. The van der Waals surface area contributed by atoms with E-state index in [1.807, 2.05) is 18.3 Å². The Bertz CT molecular complexity index is 2180. The van der Waals surface area contributed by atoms with Crippen LogP contribution in [0.3, 0.4) is 0 Å². The predicted octanol–water partition coefficient (Wildman–Crippen LogP) is 10.9. The van der Waals surface area contributed by atoms with Gasteiger partial charge in [0.2, 0.25) is 0 Å². The highest BCUT2D eigenvalue weighted by molar-refractivity contribution is 6.05. The molecular formula is C39H26N2O. The number of pyridine rings is 1. The van der Waals surface area contributed by atoms with E-state index < -0.39 is 0 Å². The minimum absolute atomic E-state index is 0.842. The summed E-state index contributed by atoms with van der Waals surface area (Å²) in [5.41, 5.74) is 9.64. The van der Waals surface area contributed by atoms with Gasteiger partial charge in [-0.25, -0.2) is 0 Å². The summed E-state index contributed by atoms with van der Waals surface area (Å²) in [5.74, 6) is 0. The van der Waals surface area contributed by atoms with Gasteiger partial charge < -0.3 is 9.32 Å². The van der Waals surface area contributed by atoms with Gasteiger partial charge in [0.05, 0.1) is 0 Å². The van der Waals surface area contributed by atoms with Gasteiger partial charge in [-0.2, -0.15) is 0 Å². The molecule has 0 bridgehead atoms. The number of aromatic nitrogens is 1. The van der Waals surface area contributed by atoms with Gasteiger partial charge in [-0.15, -0.1) is 0 Å². The Morgan fingerprint density at radius 3 is 1.81 bits per heavy atom. The molecule has 0 radical (unpaired) electrons. The monoisotopic (exact) mass is 538 g/mol. The highest BCUT2D eigenvalue weighted by Gasteiger charge is 2.16. The zero-order valence-corrected chi connectivity index (χ0v) is 22.8. The second-order valence-electron chi connectivity index (χ2n) is 10.5. The number of anilines is 3. The Kier molecular flexibility index (Phi) is 5.79. The Morgan fingerprint density at radius 2 is 1.05 bits per heavy atom. The molecule has 3 nitrogen and oxygen atoms in total. The Hall–Kier alpha value is -5.67. The molecule has 0 N–H and O–H groups in total. The van der Waals surface area contributed by atoms with Crippen molar-refractivity contribution in [3.8, 4) is 22.3 Å². The molecule has 3 heteroatoms. The molecule has 0 saturated carbocycles. The first-order chi connectivity index (χ1) is 20.8. The van der Waals surface area contributed by atoms with Crippen molar-refractivity contribution in [2.24, 2.45) is 0 Å². The molecule has 42 heavy (non-hydrogen) atoms. The standard InChI is InChI=1S/C39H26N2O/c1-2-6-27(7-3-1)29-12-16-33(17-13-29)41(35-20-21-36-37-26-40-23-22-38(37)42-39(36)25-35)34-18-14-30(15-19-34)32-11-10-28-8-4-5-9-31(28)24-32/h1-26H. The molecule has 0 aliphatic heterocycles. The van der Waals surface area contributed by atoms with Crippen molar-refractivity contribution in [3.63, 3.8) is 0 Å². The van der Waals surface area contributed by atoms with Gasteiger partial charge in [0, 0.05) is 46.3 Å². The summed E-state index contributed by atoms with van der Waals surface area (Å²) in [5, 5.41) is 4.58. The second-order valence-corrected chi connectivity index (χ2v) is 10.5. The molecule has 0 aliphatic rings. The fourth-order valence-electron chi connectivity index (χ4n) is 5.80. The lowest BCUT2D eigenvalue weighted by molar-refractivity contribution is 0.668. The zero-order valence-electron chi connectivity index (χ0n) is 22.8. The topological polar surface area (TPSA) is 29.3 Å². The Labute approximate surface area is 243 Å². The summed E-state index contributed by atoms with van der Waals surface area (Å²) in [7, 11) is 0. The maximum absolute atomic E-state index is 6.24. The molecule has 0 atom stereocenters. The van der Waals surface area contributed by atoms with Gasteiger partial charge in [-0.05, 0) is 81.6 Å². The van der Waals surface area contributed by atoms with E-state index in [2.05, 4.69) is 143 Å². The van der Waals surface area contributed by atoms with Crippen LogP contribution >= 0.6 is 0 Å². The van der Waals surface area contributed by atoms with Crippen molar-refractivity contribution in [2.75, 3.05) is 4.90 Å². The molecule has 0 fully saturated rings. The van der Waals surface area contributed by atoms with E-state index in [0.717, 1.165) is 39.0 Å². The van der Waals surface area contributed by atoms with Crippen LogP contribution in [-0.2, 0) is 0 Å². The van der Waals surface area contributed by atoms with Gasteiger partial charge in [0.15, 0.2) is 0 Å². The minimum Gasteiger partial charge on any atom is -0.456 e. The van der Waals surface area contributed by atoms with Crippen LogP contribution in [0.5, 0.6) is 0 Å². The van der Waals surface area contributed by atoms with Crippen LogP contribution in [0.4, 0.5) is 17.1 Å². The van der Waals surface area contributed by atoms with Crippen LogP contribution in [0.1, 0.15) is 0 Å². The van der Waals surface area contributed by atoms with Crippen molar-refractivity contribution in [3.05, 3.63) is 158 Å². The lowest BCUT2D eigenvalue weighted by Gasteiger charge is -2.26. The highest BCUT2D eigenvalue weighted by atomic mass is 16.3. The van der Waals surface area contributed by atoms with E-state index in [-0.39, 0.29) is 0 Å². The summed E-state index contributed by atoms with van der Waals surface area (Å²) in [6.07, 6.45) is 3.63. The molecule has 0 unspecified atom stereocenters. The number of hydrogen-bond acceptors (Lipinski definition) is 3. The Morgan fingerprint density at radius 1 is 0.429 bits per heavy atom. The summed E-state index contributed by atoms with van der Waals surface area (Å²) >= 11 is 0. The lowest BCUT2D eigenvalue weighted by atomic mass is 10.0. The van der Waals surface area contributed by atoms with Gasteiger partial charge in [0.25, 0.3) is 0 Å². The fourth-order valence-corrected chi connectivity index (χ4v) is 5.80. The van der Waals surface area contributed by atoms with Crippen LogP contribution in [-0.4, -0.2) is 4.98 Å². The molecule has 0 saturated heterocycles. The van der Waals surface area contributed by atoms with Crippen molar-refractivity contribution in [2.45, 2.75) is 0 Å². The normalized spacial score (nSPS) is 11.3. The summed E-state index contributed by atoms with van der Waals surface area (Å²) < 4.78 is 6.24. The second kappa shape index (κ2) is 10.1.